The van der Waals surface area contributed by atoms with Crippen LogP contribution < -0.4 is 15.4 Å². The van der Waals surface area contributed by atoms with Gasteiger partial charge in [0.15, 0.2) is 0 Å². The van der Waals surface area contributed by atoms with Crippen molar-refractivity contribution in [2.75, 3.05) is 18.4 Å². The average Bonchev–Trinajstić information content (AvgIpc) is 2.63. The van der Waals surface area contributed by atoms with E-state index in [4.69, 9.17) is 4.74 Å². The fourth-order valence-corrected chi connectivity index (χ4v) is 2.86. The normalized spacial score (nSPS) is 15.3. The minimum absolute atomic E-state index is 0.294. The molecule has 3 heterocycles. The van der Waals surface area contributed by atoms with Crippen molar-refractivity contribution in [1.29, 1.82) is 0 Å². The molecule has 1 fully saturated rings. The average molecular weight is 321 g/mol. The van der Waals surface area contributed by atoms with Crippen LogP contribution in [0.25, 0.3) is 10.8 Å². The van der Waals surface area contributed by atoms with Gasteiger partial charge in [-0.05, 0) is 55.6 Å². The van der Waals surface area contributed by atoms with Crippen LogP contribution in [0.3, 0.4) is 0 Å². The van der Waals surface area contributed by atoms with Gasteiger partial charge >= 0.3 is 0 Å². The quantitative estimate of drug-likeness (QED) is 0.770. The molecule has 1 saturated heterocycles. The molecule has 1 aliphatic heterocycles. The highest BCUT2D eigenvalue weighted by molar-refractivity contribution is 5.85. The highest BCUT2D eigenvalue weighted by atomic mass is 16.5. The predicted octanol–water partition coefficient (Wildman–Crippen LogP) is 2.90. The summed E-state index contributed by atoms with van der Waals surface area (Å²) in [7, 11) is 0. The first-order valence-corrected chi connectivity index (χ1v) is 8.17. The maximum Gasteiger partial charge on any atom is 0.150 e. The molecule has 3 aromatic rings. The van der Waals surface area contributed by atoms with Gasteiger partial charge in [-0.1, -0.05) is 0 Å². The highest BCUT2D eigenvalue weighted by Crippen LogP contribution is 2.25. The zero-order valence-corrected chi connectivity index (χ0v) is 13.3. The summed E-state index contributed by atoms with van der Waals surface area (Å²) in [5.41, 5.74) is 0. The first-order chi connectivity index (χ1) is 11.9. The zero-order chi connectivity index (χ0) is 16.2. The van der Waals surface area contributed by atoms with Crippen molar-refractivity contribution in [3.8, 4) is 5.75 Å². The Morgan fingerprint density at radius 3 is 2.71 bits per heavy atom. The number of fused-ring (bicyclic) bond motifs is 1. The number of hydrogen-bond donors (Lipinski definition) is 2. The number of anilines is 2. The highest BCUT2D eigenvalue weighted by Gasteiger charge is 2.14. The van der Waals surface area contributed by atoms with Crippen LogP contribution >= 0.6 is 0 Å². The summed E-state index contributed by atoms with van der Waals surface area (Å²) in [4.78, 5) is 12.7. The van der Waals surface area contributed by atoms with Crippen LogP contribution in [0.5, 0.6) is 5.75 Å². The van der Waals surface area contributed by atoms with Gasteiger partial charge in [0.05, 0.1) is 6.20 Å². The summed E-state index contributed by atoms with van der Waals surface area (Å²) in [6, 6.07) is 8.13. The Bertz CT molecular complexity index is 818. The van der Waals surface area contributed by atoms with E-state index in [0.29, 0.717) is 11.9 Å². The summed E-state index contributed by atoms with van der Waals surface area (Å²) < 4.78 is 6.12. The molecule has 6 nitrogen and oxygen atoms in total. The summed E-state index contributed by atoms with van der Waals surface area (Å²) in [5, 5.41) is 8.68. The standard InChI is InChI=1S/C18H19N5O/c1-2-16(24-15-3-5-19-6-4-15)9-14-10-17(22-11-13(1)14)23-18-12-20-7-8-21-18/h1-2,7-12,15,19H,3-6H2,(H,21,22,23). The molecule has 24 heavy (non-hydrogen) atoms. The van der Waals surface area contributed by atoms with E-state index in [-0.39, 0.29) is 0 Å². The SMILES string of the molecule is c1cnc(Nc2cc3cc(OC4CCNCC4)ccc3cn2)cn1. The van der Waals surface area contributed by atoms with E-state index >= 15 is 0 Å². The third-order valence-corrected chi connectivity index (χ3v) is 4.10. The molecule has 0 unspecified atom stereocenters. The third kappa shape index (κ3) is 3.44. The van der Waals surface area contributed by atoms with E-state index in [1.165, 1.54) is 0 Å². The number of benzene rings is 1. The molecule has 6 heteroatoms. The lowest BCUT2D eigenvalue weighted by molar-refractivity contribution is 0.162. The number of pyridine rings is 1. The number of nitrogens with one attached hydrogen (secondary N) is 2. The number of ether oxygens (including phenoxy) is 1. The maximum absolute atomic E-state index is 6.12. The van der Waals surface area contributed by atoms with Crippen molar-refractivity contribution in [2.24, 2.45) is 0 Å². The van der Waals surface area contributed by atoms with Gasteiger partial charge in [0.1, 0.15) is 23.5 Å². The van der Waals surface area contributed by atoms with Gasteiger partial charge in [-0.15, -0.1) is 0 Å². The molecule has 0 bridgehead atoms. The van der Waals surface area contributed by atoms with E-state index in [0.717, 1.165) is 48.3 Å². The van der Waals surface area contributed by atoms with E-state index in [1.54, 1.807) is 18.6 Å². The first-order valence-electron chi connectivity index (χ1n) is 8.17. The first kappa shape index (κ1) is 14.8. The van der Waals surface area contributed by atoms with Gasteiger partial charge in [-0.25, -0.2) is 9.97 Å². The van der Waals surface area contributed by atoms with Crippen LogP contribution in [0, 0.1) is 0 Å². The predicted molar refractivity (Wildman–Crippen MR) is 93.6 cm³/mol. The van der Waals surface area contributed by atoms with E-state index < -0.39 is 0 Å². The van der Waals surface area contributed by atoms with Crippen LogP contribution in [-0.4, -0.2) is 34.1 Å². The van der Waals surface area contributed by atoms with Gasteiger partial charge in [0, 0.05) is 24.0 Å². The number of hydrogen-bond acceptors (Lipinski definition) is 6. The second-order valence-electron chi connectivity index (χ2n) is 5.86. The Morgan fingerprint density at radius 2 is 1.88 bits per heavy atom. The number of aromatic nitrogens is 3. The molecule has 0 atom stereocenters. The number of piperidine rings is 1. The largest absolute Gasteiger partial charge is 0.490 e. The van der Waals surface area contributed by atoms with E-state index in [1.807, 2.05) is 24.4 Å². The molecule has 2 aromatic heterocycles. The van der Waals surface area contributed by atoms with Crippen molar-refractivity contribution in [3.05, 3.63) is 49.1 Å². The monoisotopic (exact) mass is 321 g/mol. The van der Waals surface area contributed by atoms with E-state index in [9.17, 15) is 0 Å². The van der Waals surface area contributed by atoms with Gasteiger partial charge in [0.25, 0.3) is 0 Å². The molecular weight excluding hydrogens is 302 g/mol. The summed E-state index contributed by atoms with van der Waals surface area (Å²) in [6.07, 6.45) is 9.20. The minimum Gasteiger partial charge on any atom is -0.490 e. The van der Waals surface area contributed by atoms with Crippen molar-refractivity contribution in [3.63, 3.8) is 0 Å². The van der Waals surface area contributed by atoms with Crippen LogP contribution in [0.2, 0.25) is 0 Å². The van der Waals surface area contributed by atoms with Crippen molar-refractivity contribution < 1.29 is 4.74 Å². The molecule has 0 aliphatic carbocycles. The lowest BCUT2D eigenvalue weighted by atomic mass is 10.1. The lowest BCUT2D eigenvalue weighted by Crippen LogP contribution is -2.34. The molecule has 1 aromatic carbocycles. The van der Waals surface area contributed by atoms with Crippen LogP contribution in [-0.2, 0) is 0 Å². The summed E-state index contributed by atoms with van der Waals surface area (Å²) in [6.45, 7) is 2.04. The molecule has 0 radical (unpaired) electrons. The lowest BCUT2D eigenvalue weighted by Gasteiger charge is -2.24. The molecule has 122 valence electrons. The van der Waals surface area contributed by atoms with Gasteiger partial charge < -0.3 is 15.4 Å². The second kappa shape index (κ2) is 6.80. The fourth-order valence-electron chi connectivity index (χ4n) is 2.86. The topological polar surface area (TPSA) is 72.0 Å². The van der Waals surface area contributed by atoms with Crippen LogP contribution in [0.15, 0.2) is 49.1 Å². The summed E-state index contributed by atoms with van der Waals surface area (Å²) in [5.74, 6) is 2.32. The van der Waals surface area contributed by atoms with Gasteiger partial charge in [-0.3, -0.25) is 4.98 Å². The third-order valence-electron chi connectivity index (χ3n) is 4.10. The van der Waals surface area contributed by atoms with Crippen molar-refractivity contribution in [1.82, 2.24) is 20.3 Å². The molecule has 0 saturated carbocycles. The maximum atomic E-state index is 6.12. The Kier molecular flexibility index (Phi) is 4.20. The molecule has 2 N–H and O–H groups in total. The fraction of sp³-hybridized carbons (Fsp3) is 0.278. The Labute approximate surface area is 140 Å². The molecule has 4 rings (SSSR count). The minimum atomic E-state index is 0.294. The second-order valence-corrected chi connectivity index (χ2v) is 5.86. The molecule has 1 aliphatic rings. The molecular formula is C18H19N5O. The van der Waals surface area contributed by atoms with Crippen LogP contribution in [0.1, 0.15) is 12.8 Å². The van der Waals surface area contributed by atoms with Gasteiger partial charge in [-0.2, -0.15) is 0 Å². The Hall–Kier alpha value is -2.73. The van der Waals surface area contributed by atoms with Crippen molar-refractivity contribution >= 4 is 22.4 Å². The molecule has 0 amide bonds. The number of rotatable bonds is 4. The Balaban J connectivity index is 1.55. The summed E-state index contributed by atoms with van der Waals surface area (Å²) >= 11 is 0. The van der Waals surface area contributed by atoms with Crippen molar-refractivity contribution in [2.45, 2.75) is 18.9 Å². The van der Waals surface area contributed by atoms with Gasteiger partial charge in [0.2, 0.25) is 0 Å². The smallest absolute Gasteiger partial charge is 0.150 e. The van der Waals surface area contributed by atoms with E-state index in [2.05, 4.69) is 31.7 Å². The number of nitrogens with zero attached hydrogens (tertiary/aromatic N) is 3. The Morgan fingerprint density at radius 1 is 0.958 bits per heavy atom. The zero-order valence-electron chi connectivity index (χ0n) is 13.3. The molecule has 0 spiro atoms. The van der Waals surface area contributed by atoms with Crippen LogP contribution in [0.4, 0.5) is 11.6 Å².